The summed E-state index contributed by atoms with van der Waals surface area (Å²) in [5.74, 6) is -1.31. The van der Waals surface area contributed by atoms with Gasteiger partial charge in [0.1, 0.15) is 15.5 Å². The zero-order chi connectivity index (χ0) is 23.0. The largest absolute Gasteiger partial charge is 0.451 e. The second kappa shape index (κ2) is 8.55. The maximum atomic E-state index is 13.3. The lowest BCUT2D eigenvalue weighted by Gasteiger charge is -2.12. The van der Waals surface area contributed by atoms with Crippen molar-refractivity contribution >= 4 is 39.1 Å². The fourth-order valence-corrected chi connectivity index (χ4v) is 4.74. The molecule has 0 aliphatic heterocycles. The molecular weight excluding hydrogens is 429 g/mol. The van der Waals surface area contributed by atoms with Gasteiger partial charge in [0.15, 0.2) is 6.61 Å². The van der Waals surface area contributed by atoms with E-state index >= 15 is 0 Å². The minimum atomic E-state index is -0.580. The molecule has 4 aromatic rings. The summed E-state index contributed by atoms with van der Waals surface area (Å²) in [5, 5.41) is 8.11. The van der Waals surface area contributed by atoms with Gasteiger partial charge in [0, 0.05) is 11.1 Å². The Bertz CT molecular complexity index is 1320. The number of carbonyl (C=O) groups is 2. The Labute approximate surface area is 188 Å². The quantitative estimate of drug-likeness (QED) is 0.420. The monoisotopic (exact) mass is 451 g/mol. The van der Waals surface area contributed by atoms with Crippen LogP contribution in [0.3, 0.4) is 0 Å². The van der Waals surface area contributed by atoms with Crippen molar-refractivity contribution in [2.24, 2.45) is 0 Å². The van der Waals surface area contributed by atoms with Crippen LogP contribution in [0.1, 0.15) is 32.1 Å². The number of amides is 1. The summed E-state index contributed by atoms with van der Waals surface area (Å²) >= 11 is 1.21. The van der Waals surface area contributed by atoms with Gasteiger partial charge in [-0.1, -0.05) is 17.7 Å². The maximum absolute atomic E-state index is 13.3. The molecule has 2 heterocycles. The zero-order valence-electron chi connectivity index (χ0n) is 18.2. The normalized spacial score (nSPS) is 11.0. The number of nitrogens with zero attached hydrogens (tertiary/aromatic N) is 2. The molecule has 0 bridgehead atoms. The molecule has 1 N–H and O–H groups in total. The molecule has 0 atom stereocenters. The number of hydrogen-bond donors (Lipinski definition) is 1. The van der Waals surface area contributed by atoms with Crippen LogP contribution in [-0.2, 0) is 9.53 Å². The van der Waals surface area contributed by atoms with Gasteiger partial charge in [-0.25, -0.2) is 13.9 Å². The van der Waals surface area contributed by atoms with Crippen molar-refractivity contribution in [1.29, 1.82) is 0 Å². The number of anilines is 1. The molecule has 2 aromatic heterocycles. The van der Waals surface area contributed by atoms with Crippen LogP contribution < -0.4 is 5.32 Å². The van der Waals surface area contributed by atoms with Crippen LogP contribution in [0.2, 0.25) is 0 Å². The number of aryl methyl sites for hydroxylation is 4. The molecule has 0 aliphatic rings. The summed E-state index contributed by atoms with van der Waals surface area (Å²) < 4.78 is 20.2. The minimum absolute atomic E-state index is 0.335. The summed E-state index contributed by atoms with van der Waals surface area (Å²) in [5.41, 5.74) is 5.18. The first-order valence-corrected chi connectivity index (χ1v) is 10.8. The SMILES string of the molecule is Cc1cc(C)c(NC(=O)COC(=O)c2cc3c(C)nn(-c4ccc(F)cc4)c3s2)c(C)c1. The molecule has 0 fully saturated rings. The van der Waals surface area contributed by atoms with Gasteiger partial charge < -0.3 is 10.1 Å². The van der Waals surface area contributed by atoms with E-state index in [9.17, 15) is 14.0 Å². The zero-order valence-corrected chi connectivity index (χ0v) is 19.0. The van der Waals surface area contributed by atoms with E-state index in [-0.39, 0.29) is 12.4 Å². The van der Waals surface area contributed by atoms with Gasteiger partial charge in [0.2, 0.25) is 0 Å². The average molecular weight is 452 g/mol. The third kappa shape index (κ3) is 4.27. The molecule has 0 spiro atoms. The highest BCUT2D eigenvalue weighted by atomic mass is 32.1. The first kappa shape index (κ1) is 21.7. The smallest absolute Gasteiger partial charge is 0.348 e. The van der Waals surface area contributed by atoms with Crippen LogP contribution in [0.25, 0.3) is 15.9 Å². The number of hydrogen-bond acceptors (Lipinski definition) is 5. The van der Waals surface area contributed by atoms with Crippen molar-refractivity contribution in [3.8, 4) is 5.69 Å². The fourth-order valence-electron chi connectivity index (χ4n) is 3.66. The Hall–Kier alpha value is -3.52. The Morgan fingerprint density at radius 3 is 2.38 bits per heavy atom. The fraction of sp³-hybridized carbons (Fsp3) is 0.208. The molecule has 32 heavy (non-hydrogen) atoms. The van der Waals surface area contributed by atoms with Crippen molar-refractivity contribution in [1.82, 2.24) is 9.78 Å². The number of rotatable bonds is 5. The van der Waals surface area contributed by atoms with Gasteiger partial charge in [0.05, 0.1) is 11.4 Å². The Balaban J connectivity index is 1.48. The van der Waals surface area contributed by atoms with E-state index in [1.807, 2.05) is 39.8 Å². The standard InChI is InChI=1S/C24H22FN3O3S/c1-13-9-14(2)22(15(3)10-13)26-21(29)12-31-24(30)20-11-19-16(4)27-28(23(19)32-20)18-7-5-17(25)6-8-18/h5-11H,12H2,1-4H3,(H,26,29). The molecule has 1 amide bonds. The number of fused-ring (bicyclic) bond motifs is 1. The van der Waals surface area contributed by atoms with E-state index < -0.39 is 11.9 Å². The van der Waals surface area contributed by atoms with E-state index in [4.69, 9.17) is 4.74 Å². The first-order chi connectivity index (χ1) is 15.2. The van der Waals surface area contributed by atoms with Crippen LogP contribution >= 0.6 is 11.3 Å². The van der Waals surface area contributed by atoms with Crippen molar-refractivity contribution in [3.05, 3.63) is 75.5 Å². The average Bonchev–Trinajstić information content (AvgIpc) is 3.30. The van der Waals surface area contributed by atoms with Crippen LogP contribution in [-0.4, -0.2) is 28.3 Å². The predicted octanol–water partition coefficient (Wildman–Crippen LogP) is 5.26. The molecule has 6 nitrogen and oxygen atoms in total. The van der Waals surface area contributed by atoms with E-state index in [1.54, 1.807) is 22.9 Å². The lowest BCUT2D eigenvalue weighted by molar-refractivity contribution is -0.119. The number of esters is 1. The molecule has 2 aromatic carbocycles. The number of ether oxygens (including phenoxy) is 1. The lowest BCUT2D eigenvalue weighted by atomic mass is 10.1. The minimum Gasteiger partial charge on any atom is -0.451 e. The van der Waals surface area contributed by atoms with Crippen LogP contribution in [0.5, 0.6) is 0 Å². The molecule has 0 saturated heterocycles. The molecule has 164 valence electrons. The second-order valence-electron chi connectivity index (χ2n) is 7.70. The van der Waals surface area contributed by atoms with E-state index in [2.05, 4.69) is 10.4 Å². The predicted molar refractivity (Wildman–Crippen MR) is 123 cm³/mol. The number of carbonyl (C=O) groups excluding carboxylic acids is 2. The van der Waals surface area contributed by atoms with E-state index in [0.29, 0.717) is 10.6 Å². The van der Waals surface area contributed by atoms with E-state index in [1.165, 1.54) is 23.5 Å². The third-order valence-electron chi connectivity index (χ3n) is 5.09. The van der Waals surface area contributed by atoms with Gasteiger partial charge in [-0.15, -0.1) is 11.3 Å². The van der Waals surface area contributed by atoms with Crippen LogP contribution in [0.15, 0.2) is 42.5 Å². The Morgan fingerprint density at radius 2 is 1.72 bits per heavy atom. The molecule has 4 rings (SSSR count). The number of benzene rings is 2. The maximum Gasteiger partial charge on any atom is 0.348 e. The topological polar surface area (TPSA) is 73.2 Å². The summed E-state index contributed by atoms with van der Waals surface area (Å²) in [6.45, 7) is 7.29. The third-order valence-corrected chi connectivity index (χ3v) is 6.18. The summed E-state index contributed by atoms with van der Waals surface area (Å²) in [6, 6.07) is 11.6. The summed E-state index contributed by atoms with van der Waals surface area (Å²) in [7, 11) is 0. The highest BCUT2D eigenvalue weighted by Gasteiger charge is 2.19. The van der Waals surface area contributed by atoms with Gasteiger partial charge >= 0.3 is 5.97 Å². The molecule has 8 heteroatoms. The number of halogens is 1. The highest BCUT2D eigenvalue weighted by molar-refractivity contribution is 7.20. The van der Waals surface area contributed by atoms with Crippen molar-refractivity contribution in [2.75, 3.05) is 11.9 Å². The number of nitrogens with one attached hydrogen (secondary N) is 1. The Morgan fingerprint density at radius 1 is 1.06 bits per heavy atom. The lowest BCUT2D eigenvalue weighted by Crippen LogP contribution is -2.21. The summed E-state index contributed by atoms with van der Waals surface area (Å²) in [6.07, 6.45) is 0. The molecule has 0 unspecified atom stereocenters. The molecule has 0 saturated carbocycles. The number of aromatic nitrogens is 2. The molecule has 0 radical (unpaired) electrons. The van der Waals surface area contributed by atoms with Crippen molar-refractivity contribution in [3.63, 3.8) is 0 Å². The highest BCUT2D eigenvalue weighted by Crippen LogP contribution is 2.31. The summed E-state index contributed by atoms with van der Waals surface area (Å²) in [4.78, 5) is 26.0. The first-order valence-electron chi connectivity index (χ1n) is 10.0. The van der Waals surface area contributed by atoms with E-state index in [0.717, 1.165) is 38.3 Å². The number of thiophene rings is 1. The van der Waals surface area contributed by atoms with Gasteiger partial charge in [-0.3, -0.25) is 4.79 Å². The van der Waals surface area contributed by atoms with Gasteiger partial charge in [0.25, 0.3) is 5.91 Å². The van der Waals surface area contributed by atoms with Gasteiger partial charge in [-0.2, -0.15) is 5.10 Å². The Kier molecular flexibility index (Phi) is 5.80. The molecular formula is C24H22FN3O3S. The van der Waals surface area contributed by atoms with Crippen molar-refractivity contribution < 1.29 is 18.7 Å². The van der Waals surface area contributed by atoms with Crippen LogP contribution in [0, 0.1) is 33.5 Å². The van der Waals surface area contributed by atoms with Crippen LogP contribution in [0.4, 0.5) is 10.1 Å². The molecule has 0 aliphatic carbocycles. The van der Waals surface area contributed by atoms with Crippen molar-refractivity contribution in [2.45, 2.75) is 27.7 Å². The van der Waals surface area contributed by atoms with Gasteiger partial charge in [-0.05, 0) is 69.2 Å². The second-order valence-corrected chi connectivity index (χ2v) is 8.73.